The fourth-order valence-corrected chi connectivity index (χ4v) is 3.21. The second-order valence-corrected chi connectivity index (χ2v) is 5.25. The van der Waals surface area contributed by atoms with Crippen molar-refractivity contribution >= 4 is 23.5 Å². The summed E-state index contributed by atoms with van der Waals surface area (Å²) in [6, 6.07) is 3.37. The minimum atomic E-state index is -0.470. The maximum Gasteiger partial charge on any atom is 0.323 e. The van der Waals surface area contributed by atoms with Crippen LogP contribution < -0.4 is 9.47 Å². The van der Waals surface area contributed by atoms with Gasteiger partial charge in [0.05, 0.1) is 12.4 Å². The molecule has 1 aromatic carbocycles. The third-order valence-corrected chi connectivity index (χ3v) is 4.22. The molecular formula is C13H12O5S. The van der Waals surface area contributed by atoms with Gasteiger partial charge < -0.3 is 14.2 Å². The Morgan fingerprint density at radius 1 is 1.42 bits per heavy atom. The number of ketones is 1. The van der Waals surface area contributed by atoms with Crippen molar-refractivity contribution in [2.75, 3.05) is 19.2 Å². The van der Waals surface area contributed by atoms with Crippen LogP contribution in [0.2, 0.25) is 0 Å². The van der Waals surface area contributed by atoms with E-state index in [1.165, 1.54) is 11.8 Å². The SMILES string of the molecule is CCOC(=O)C1SCC(=O)c2cc3c(cc21)OCO3. The van der Waals surface area contributed by atoms with Gasteiger partial charge in [-0.15, -0.1) is 11.8 Å². The summed E-state index contributed by atoms with van der Waals surface area (Å²) >= 11 is 1.29. The molecule has 0 saturated carbocycles. The Morgan fingerprint density at radius 2 is 2.16 bits per heavy atom. The molecule has 100 valence electrons. The van der Waals surface area contributed by atoms with E-state index in [4.69, 9.17) is 14.2 Å². The van der Waals surface area contributed by atoms with Gasteiger partial charge in [-0.2, -0.15) is 0 Å². The van der Waals surface area contributed by atoms with Crippen LogP contribution in [0.3, 0.4) is 0 Å². The lowest BCUT2D eigenvalue weighted by Gasteiger charge is -2.22. The highest BCUT2D eigenvalue weighted by Crippen LogP contribution is 2.44. The molecular weight excluding hydrogens is 268 g/mol. The number of hydrogen-bond donors (Lipinski definition) is 0. The molecule has 0 fully saturated rings. The second-order valence-electron chi connectivity index (χ2n) is 4.16. The normalized spacial score (nSPS) is 20.1. The van der Waals surface area contributed by atoms with Gasteiger partial charge in [-0.1, -0.05) is 0 Å². The molecule has 2 aliphatic heterocycles. The summed E-state index contributed by atoms with van der Waals surface area (Å²) in [5, 5.41) is -0.470. The predicted octanol–water partition coefficient (Wildman–Crippen LogP) is 1.95. The minimum absolute atomic E-state index is 0.00107. The second kappa shape index (κ2) is 4.77. The first-order valence-corrected chi connectivity index (χ1v) is 7.00. The van der Waals surface area contributed by atoms with Crippen LogP contribution in [-0.4, -0.2) is 30.9 Å². The molecule has 0 bridgehead atoms. The van der Waals surface area contributed by atoms with Crippen molar-refractivity contribution in [1.29, 1.82) is 0 Å². The van der Waals surface area contributed by atoms with Gasteiger partial charge in [-0.05, 0) is 24.6 Å². The van der Waals surface area contributed by atoms with Crippen LogP contribution in [-0.2, 0) is 9.53 Å². The summed E-state index contributed by atoms with van der Waals surface area (Å²) in [5.74, 6) is 1.08. The molecule has 0 saturated heterocycles. The Morgan fingerprint density at radius 3 is 2.89 bits per heavy atom. The fourth-order valence-electron chi connectivity index (χ4n) is 2.16. The maximum absolute atomic E-state index is 11.9. The first kappa shape index (κ1) is 12.3. The van der Waals surface area contributed by atoms with Gasteiger partial charge >= 0.3 is 5.97 Å². The molecule has 1 atom stereocenters. The molecule has 1 aromatic rings. The molecule has 0 aromatic heterocycles. The Balaban J connectivity index is 2.04. The number of rotatable bonds is 2. The number of hydrogen-bond acceptors (Lipinski definition) is 6. The Bertz CT molecular complexity index is 554. The molecule has 19 heavy (non-hydrogen) atoms. The summed E-state index contributed by atoms with van der Waals surface area (Å²) in [6.07, 6.45) is 0. The molecule has 0 radical (unpaired) electrons. The zero-order valence-corrected chi connectivity index (χ0v) is 11.1. The van der Waals surface area contributed by atoms with Crippen molar-refractivity contribution < 1.29 is 23.8 Å². The van der Waals surface area contributed by atoms with Crippen LogP contribution in [0.5, 0.6) is 11.5 Å². The summed E-state index contributed by atoms with van der Waals surface area (Å²) in [5.41, 5.74) is 1.19. The van der Waals surface area contributed by atoms with E-state index in [1.54, 1.807) is 19.1 Å². The molecule has 5 nitrogen and oxygen atoms in total. The average Bonchev–Trinajstić information content (AvgIpc) is 2.84. The standard InChI is InChI=1S/C13H12O5S/c1-2-16-13(15)12-8-4-11-10(17-6-18-11)3-7(8)9(14)5-19-12/h3-4,12H,2,5-6H2,1H3. The molecule has 1 unspecified atom stereocenters. The monoisotopic (exact) mass is 280 g/mol. The van der Waals surface area contributed by atoms with E-state index in [0.717, 1.165) is 0 Å². The molecule has 2 heterocycles. The smallest absolute Gasteiger partial charge is 0.323 e. The summed E-state index contributed by atoms with van der Waals surface area (Å²) < 4.78 is 15.6. The summed E-state index contributed by atoms with van der Waals surface area (Å²) in [6.45, 7) is 2.23. The number of benzene rings is 1. The van der Waals surface area contributed by atoms with E-state index in [2.05, 4.69) is 0 Å². The van der Waals surface area contributed by atoms with Crippen molar-refractivity contribution in [3.63, 3.8) is 0 Å². The average molecular weight is 280 g/mol. The van der Waals surface area contributed by atoms with Crippen molar-refractivity contribution in [3.05, 3.63) is 23.3 Å². The third kappa shape index (κ3) is 2.06. The lowest BCUT2D eigenvalue weighted by molar-refractivity contribution is -0.142. The van der Waals surface area contributed by atoms with E-state index < -0.39 is 5.25 Å². The molecule has 0 aliphatic carbocycles. The van der Waals surface area contributed by atoms with E-state index in [9.17, 15) is 9.59 Å². The lowest BCUT2D eigenvalue weighted by atomic mass is 9.99. The Hall–Kier alpha value is -1.69. The summed E-state index contributed by atoms with van der Waals surface area (Å²) in [4.78, 5) is 23.9. The zero-order chi connectivity index (χ0) is 13.4. The van der Waals surface area contributed by atoms with Crippen molar-refractivity contribution in [2.45, 2.75) is 12.2 Å². The number of esters is 1. The van der Waals surface area contributed by atoms with Gasteiger partial charge in [0.2, 0.25) is 6.79 Å². The third-order valence-electron chi connectivity index (χ3n) is 3.01. The van der Waals surface area contributed by atoms with Gasteiger partial charge in [0, 0.05) is 5.56 Å². The van der Waals surface area contributed by atoms with Gasteiger partial charge in [0.25, 0.3) is 0 Å². The van der Waals surface area contributed by atoms with Crippen molar-refractivity contribution in [1.82, 2.24) is 0 Å². The highest BCUT2D eigenvalue weighted by atomic mass is 32.2. The highest BCUT2D eigenvalue weighted by Gasteiger charge is 2.34. The lowest BCUT2D eigenvalue weighted by Crippen LogP contribution is -2.22. The van der Waals surface area contributed by atoms with Gasteiger partial charge in [0.1, 0.15) is 5.25 Å². The molecule has 2 aliphatic rings. The Labute approximate surface area is 114 Å². The van der Waals surface area contributed by atoms with Crippen LogP contribution in [0.1, 0.15) is 28.1 Å². The van der Waals surface area contributed by atoms with E-state index in [1.807, 2.05) is 0 Å². The first-order valence-electron chi connectivity index (χ1n) is 5.95. The molecule has 0 amide bonds. The fraction of sp³-hybridized carbons (Fsp3) is 0.385. The van der Waals surface area contributed by atoms with Crippen LogP contribution in [0, 0.1) is 0 Å². The predicted molar refractivity (Wildman–Crippen MR) is 68.7 cm³/mol. The van der Waals surface area contributed by atoms with Crippen molar-refractivity contribution in [3.8, 4) is 11.5 Å². The quantitative estimate of drug-likeness (QED) is 0.772. The largest absolute Gasteiger partial charge is 0.465 e. The van der Waals surface area contributed by atoms with E-state index in [0.29, 0.717) is 29.2 Å². The first-order chi connectivity index (χ1) is 9.20. The van der Waals surface area contributed by atoms with Gasteiger partial charge in [-0.3, -0.25) is 9.59 Å². The number of ether oxygens (including phenoxy) is 3. The number of carbonyl (C=O) groups is 2. The zero-order valence-electron chi connectivity index (χ0n) is 10.3. The van der Waals surface area contributed by atoms with Gasteiger partial charge in [0.15, 0.2) is 17.3 Å². The topological polar surface area (TPSA) is 61.8 Å². The van der Waals surface area contributed by atoms with Crippen LogP contribution in [0.15, 0.2) is 12.1 Å². The number of thioether (sulfide) groups is 1. The number of fused-ring (bicyclic) bond motifs is 2. The van der Waals surface area contributed by atoms with Gasteiger partial charge in [-0.25, -0.2) is 0 Å². The molecule has 0 N–H and O–H groups in total. The maximum atomic E-state index is 11.9. The van der Waals surface area contributed by atoms with E-state index in [-0.39, 0.29) is 24.3 Å². The van der Waals surface area contributed by atoms with Crippen molar-refractivity contribution in [2.24, 2.45) is 0 Å². The molecule has 6 heteroatoms. The van der Waals surface area contributed by atoms with Crippen LogP contribution in [0.4, 0.5) is 0 Å². The summed E-state index contributed by atoms with van der Waals surface area (Å²) in [7, 11) is 0. The van der Waals surface area contributed by atoms with Crippen LogP contribution in [0.25, 0.3) is 0 Å². The molecule has 0 spiro atoms. The number of carbonyl (C=O) groups excluding carboxylic acids is 2. The Kier molecular flexibility index (Phi) is 3.10. The highest BCUT2D eigenvalue weighted by molar-refractivity contribution is 8.01. The molecule has 3 rings (SSSR count). The number of Topliss-reactive ketones (excluding diaryl/α,β-unsaturated/α-hetero) is 1. The minimum Gasteiger partial charge on any atom is -0.465 e. The van der Waals surface area contributed by atoms with Crippen LogP contribution >= 0.6 is 11.8 Å². The van der Waals surface area contributed by atoms with E-state index >= 15 is 0 Å².